The van der Waals surface area contributed by atoms with Gasteiger partial charge in [0.25, 0.3) is 5.56 Å². The molecule has 2 heterocycles. The third-order valence-corrected chi connectivity index (χ3v) is 9.77. The van der Waals surface area contributed by atoms with E-state index in [1.807, 2.05) is 47.4 Å². The number of amides is 1. The molecule has 260 valence electrons. The number of ether oxygens (including phenoxy) is 1. The van der Waals surface area contributed by atoms with E-state index in [0.717, 1.165) is 47.5 Å². The fraction of sp³-hybridized carbons (Fsp3) is 0.282. The van der Waals surface area contributed by atoms with Gasteiger partial charge in [-0.2, -0.15) is 4.98 Å². The van der Waals surface area contributed by atoms with Crippen molar-refractivity contribution in [1.29, 1.82) is 0 Å². The number of thioether (sulfide) groups is 1. The normalized spacial score (nSPS) is 11.2. The number of methoxy groups -OCH3 is 1. The van der Waals surface area contributed by atoms with Crippen molar-refractivity contribution in [1.82, 2.24) is 24.3 Å². The van der Waals surface area contributed by atoms with Crippen LogP contribution in [0.4, 0.5) is 4.39 Å². The van der Waals surface area contributed by atoms with Gasteiger partial charge in [0.15, 0.2) is 5.16 Å². The van der Waals surface area contributed by atoms with Gasteiger partial charge in [-0.25, -0.2) is 9.37 Å². The molecule has 50 heavy (non-hydrogen) atoms. The van der Waals surface area contributed by atoms with Crippen LogP contribution < -0.4 is 10.3 Å². The maximum atomic E-state index is 14.2. The van der Waals surface area contributed by atoms with Gasteiger partial charge in [-0.1, -0.05) is 91.8 Å². The van der Waals surface area contributed by atoms with Crippen LogP contribution in [-0.4, -0.2) is 63.5 Å². The number of likely N-dealkylation sites (N-methyl/N-ethyl adjacent to an activating group) is 1. The highest BCUT2D eigenvalue weighted by molar-refractivity contribution is 7.98. The molecule has 0 atom stereocenters. The number of carbonyl (C=O) groups excluding carboxylic acids is 1. The van der Waals surface area contributed by atoms with Crippen LogP contribution in [0.3, 0.4) is 0 Å². The standard InChI is InChI=1S/C39H41ClFN5O3S/c1-4-44(5-2)20-21-45(24-28-6-11-31(12-7-28)32-13-15-34(40)16-14-32)37(47)26-46-25-33(22-30-10-19-36(49-3)42-23-30)38(48)43-39(46)50-27-29-8-17-35(41)18-9-29/h6-19,23,25H,4-5,20-22,24,26-27H2,1-3H3. The lowest BCUT2D eigenvalue weighted by molar-refractivity contribution is -0.132. The summed E-state index contributed by atoms with van der Waals surface area (Å²) in [6, 6.07) is 25.7. The van der Waals surface area contributed by atoms with E-state index in [1.165, 1.54) is 23.9 Å². The molecule has 0 spiro atoms. The summed E-state index contributed by atoms with van der Waals surface area (Å²) in [7, 11) is 1.55. The molecule has 0 N–H and O–H groups in total. The second-order valence-corrected chi connectivity index (χ2v) is 13.2. The summed E-state index contributed by atoms with van der Waals surface area (Å²) >= 11 is 7.42. The summed E-state index contributed by atoms with van der Waals surface area (Å²) in [4.78, 5) is 40.4. The Hall–Kier alpha value is -4.51. The summed E-state index contributed by atoms with van der Waals surface area (Å²) in [5.74, 6) is 0.520. The van der Waals surface area contributed by atoms with Gasteiger partial charge in [0, 0.05) is 60.9 Å². The minimum absolute atomic E-state index is 0.00595. The number of nitrogens with zero attached hydrogens (tertiary/aromatic N) is 5. The Morgan fingerprint density at radius 1 is 0.880 bits per heavy atom. The van der Waals surface area contributed by atoms with E-state index in [4.69, 9.17) is 16.3 Å². The molecular weight excluding hydrogens is 673 g/mol. The van der Waals surface area contributed by atoms with Crippen molar-refractivity contribution in [2.75, 3.05) is 33.3 Å². The Balaban J connectivity index is 1.41. The van der Waals surface area contributed by atoms with E-state index in [1.54, 1.807) is 42.3 Å². The molecule has 1 amide bonds. The second kappa shape index (κ2) is 17.9. The Kier molecular flexibility index (Phi) is 13.2. The van der Waals surface area contributed by atoms with Crippen LogP contribution in [0.15, 0.2) is 107 Å². The van der Waals surface area contributed by atoms with Crippen LogP contribution in [0.25, 0.3) is 11.1 Å². The highest BCUT2D eigenvalue weighted by Gasteiger charge is 2.19. The van der Waals surface area contributed by atoms with Crippen LogP contribution in [0.5, 0.6) is 5.88 Å². The topological polar surface area (TPSA) is 80.6 Å². The molecule has 11 heteroatoms. The highest BCUT2D eigenvalue weighted by Crippen LogP contribution is 2.24. The fourth-order valence-electron chi connectivity index (χ4n) is 5.46. The first-order valence-corrected chi connectivity index (χ1v) is 17.9. The molecule has 0 fully saturated rings. The Bertz CT molecular complexity index is 1900. The average Bonchev–Trinajstić information content (AvgIpc) is 3.13. The number of rotatable bonds is 16. The summed E-state index contributed by atoms with van der Waals surface area (Å²) < 4.78 is 20.5. The lowest BCUT2D eigenvalue weighted by Crippen LogP contribution is -2.40. The number of benzene rings is 3. The number of aromatic nitrogens is 3. The molecule has 0 aliphatic rings. The maximum Gasteiger partial charge on any atom is 0.277 e. The van der Waals surface area contributed by atoms with Crippen molar-refractivity contribution in [2.24, 2.45) is 0 Å². The molecule has 0 aliphatic carbocycles. The predicted molar refractivity (Wildman–Crippen MR) is 198 cm³/mol. The highest BCUT2D eigenvalue weighted by atomic mass is 35.5. The van der Waals surface area contributed by atoms with Gasteiger partial charge in [0.2, 0.25) is 11.8 Å². The van der Waals surface area contributed by atoms with E-state index in [-0.39, 0.29) is 23.8 Å². The average molecular weight is 714 g/mol. The lowest BCUT2D eigenvalue weighted by atomic mass is 10.0. The SMILES string of the molecule is CCN(CC)CCN(Cc1ccc(-c2ccc(Cl)cc2)cc1)C(=O)Cn1cc(Cc2ccc(OC)nc2)c(=O)nc1SCc1ccc(F)cc1. The zero-order valence-corrected chi connectivity index (χ0v) is 30.1. The number of hydrogen-bond donors (Lipinski definition) is 0. The third-order valence-electron chi connectivity index (χ3n) is 8.46. The van der Waals surface area contributed by atoms with E-state index < -0.39 is 0 Å². The number of hydrogen-bond acceptors (Lipinski definition) is 7. The van der Waals surface area contributed by atoms with Gasteiger partial charge in [0.1, 0.15) is 12.4 Å². The lowest BCUT2D eigenvalue weighted by Gasteiger charge is -2.27. The van der Waals surface area contributed by atoms with Crippen LogP contribution in [0.2, 0.25) is 5.02 Å². The molecule has 3 aromatic carbocycles. The molecular formula is C39H41ClFN5O3S. The van der Waals surface area contributed by atoms with Crippen molar-refractivity contribution in [3.63, 3.8) is 0 Å². The zero-order valence-electron chi connectivity index (χ0n) is 28.5. The molecule has 0 saturated heterocycles. The molecule has 0 aliphatic heterocycles. The molecule has 5 rings (SSSR count). The summed E-state index contributed by atoms with van der Waals surface area (Å²) in [5, 5.41) is 1.10. The molecule has 8 nitrogen and oxygen atoms in total. The van der Waals surface area contributed by atoms with Crippen LogP contribution in [0.1, 0.15) is 36.1 Å². The number of carbonyl (C=O) groups is 1. The number of pyridine rings is 1. The van der Waals surface area contributed by atoms with Crippen LogP contribution in [0, 0.1) is 5.82 Å². The Morgan fingerprint density at radius 2 is 1.52 bits per heavy atom. The zero-order chi connectivity index (χ0) is 35.5. The molecule has 2 aromatic heterocycles. The van der Waals surface area contributed by atoms with Crippen molar-refractivity contribution in [2.45, 2.75) is 44.3 Å². The van der Waals surface area contributed by atoms with Gasteiger partial charge in [0.05, 0.1) is 7.11 Å². The minimum Gasteiger partial charge on any atom is -0.481 e. The summed E-state index contributed by atoms with van der Waals surface area (Å²) in [5.41, 5.74) is 4.90. The van der Waals surface area contributed by atoms with E-state index >= 15 is 0 Å². The van der Waals surface area contributed by atoms with E-state index in [0.29, 0.717) is 46.9 Å². The molecule has 5 aromatic rings. The van der Waals surface area contributed by atoms with Crippen molar-refractivity contribution in [3.05, 3.63) is 141 Å². The van der Waals surface area contributed by atoms with Gasteiger partial charge in [-0.3, -0.25) is 9.59 Å². The molecule has 0 unspecified atom stereocenters. The van der Waals surface area contributed by atoms with E-state index in [2.05, 4.69) is 40.8 Å². The fourth-order valence-corrected chi connectivity index (χ4v) is 6.51. The molecule has 0 radical (unpaired) electrons. The monoisotopic (exact) mass is 713 g/mol. The van der Waals surface area contributed by atoms with Crippen LogP contribution >= 0.6 is 23.4 Å². The second-order valence-electron chi connectivity index (χ2n) is 11.8. The van der Waals surface area contributed by atoms with Gasteiger partial charge >= 0.3 is 0 Å². The van der Waals surface area contributed by atoms with Crippen molar-refractivity contribution in [3.8, 4) is 17.0 Å². The minimum atomic E-state index is -0.370. The first-order chi connectivity index (χ1) is 24.2. The summed E-state index contributed by atoms with van der Waals surface area (Å²) in [6.07, 6.45) is 3.69. The van der Waals surface area contributed by atoms with Gasteiger partial charge in [-0.15, -0.1) is 0 Å². The first kappa shape index (κ1) is 36.8. The quantitative estimate of drug-likeness (QED) is 0.0781. The maximum absolute atomic E-state index is 14.2. The largest absolute Gasteiger partial charge is 0.481 e. The number of halogens is 2. The van der Waals surface area contributed by atoms with Crippen molar-refractivity contribution >= 4 is 29.3 Å². The third kappa shape index (κ3) is 10.3. The van der Waals surface area contributed by atoms with E-state index in [9.17, 15) is 14.0 Å². The van der Waals surface area contributed by atoms with Gasteiger partial charge < -0.3 is 19.1 Å². The van der Waals surface area contributed by atoms with Gasteiger partial charge in [-0.05, 0) is 65.2 Å². The predicted octanol–water partition coefficient (Wildman–Crippen LogP) is 7.36. The van der Waals surface area contributed by atoms with Crippen molar-refractivity contribution < 1.29 is 13.9 Å². The smallest absolute Gasteiger partial charge is 0.277 e. The molecule has 0 bridgehead atoms. The Labute approximate surface area is 301 Å². The first-order valence-electron chi connectivity index (χ1n) is 16.6. The Morgan fingerprint density at radius 3 is 2.14 bits per heavy atom. The summed E-state index contributed by atoms with van der Waals surface area (Å²) in [6.45, 7) is 7.67. The van der Waals surface area contributed by atoms with Crippen LogP contribution in [-0.2, 0) is 30.1 Å². The molecule has 0 saturated carbocycles.